The number of ketones is 1. The van der Waals surface area contributed by atoms with E-state index in [1.807, 2.05) is 0 Å². The Kier molecular flexibility index (Phi) is 9.23. The minimum Gasteiger partial charge on any atom is -0.507 e. The molecular formula is C27H33ClN2O6. The van der Waals surface area contributed by atoms with Crippen LogP contribution in [0.5, 0.6) is 17.2 Å². The summed E-state index contributed by atoms with van der Waals surface area (Å²) >= 11 is 6.28. The van der Waals surface area contributed by atoms with Crippen LogP contribution in [-0.4, -0.2) is 74.1 Å². The summed E-state index contributed by atoms with van der Waals surface area (Å²) in [5.74, 6) is -0.333. The quantitative estimate of drug-likeness (QED) is 0.267. The second-order valence-corrected chi connectivity index (χ2v) is 8.74. The van der Waals surface area contributed by atoms with Gasteiger partial charge < -0.3 is 29.1 Å². The molecule has 1 saturated heterocycles. The molecule has 1 heterocycles. The smallest absolute Gasteiger partial charge is 0.295 e. The van der Waals surface area contributed by atoms with Crippen molar-refractivity contribution >= 4 is 29.1 Å². The Morgan fingerprint density at radius 2 is 1.67 bits per heavy atom. The predicted molar refractivity (Wildman–Crippen MR) is 139 cm³/mol. The number of methoxy groups -OCH3 is 3. The van der Waals surface area contributed by atoms with E-state index in [2.05, 4.69) is 18.7 Å². The molecule has 1 N–H and O–H groups in total. The van der Waals surface area contributed by atoms with Gasteiger partial charge in [-0.1, -0.05) is 25.4 Å². The lowest BCUT2D eigenvalue weighted by Crippen LogP contribution is -2.33. The molecule has 2 aromatic carbocycles. The molecule has 1 unspecified atom stereocenters. The van der Waals surface area contributed by atoms with Gasteiger partial charge >= 0.3 is 0 Å². The van der Waals surface area contributed by atoms with Gasteiger partial charge in [-0.2, -0.15) is 0 Å². The SMILES string of the molecule is CCN(CC)CCCN1C(=O)C(=O)/C(=C(/O)c2ccc(OC)c(Cl)c2)C1c1cc(OC)ccc1OC. The third-order valence-electron chi connectivity index (χ3n) is 6.46. The fourth-order valence-corrected chi connectivity index (χ4v) is 4.72. The molecule has 1 fully saturated rings. The van der Waals surface area contributed by atoms with Crippen LogP contribution in [0.4, 0.5) is 0 Å². The molecule has 9 heteroatoms. The number of benzene rings is 2. The number of ether oxygens (including phenoxy) is 3. The van der Waals surface area contributed by atoms with Crippen molar-refractivity contribution in [3.8, 4) is 17.2 Å². The first-order valence-electron chi connectivity index (χ1n) is 11.9. The fourth-order valence-electron chi connectivity index (χ4n) is 4.46. The van der Waals surface area contributed by atoms with Gasteiger partial charge in [0, 0.05) is 17.7 Å². The average molecular weight is 517 g/mol. The third-order valence-corrected chi connectivity index (χ3v) is 6.76. The van der Waals surface area contributed by atoms with Crippen LogP contribution in [0.1, 0.15) is 37.4 Å². The van der Waals surface area contributed by atoms with E-state index in [9.17, 15) is 14.7 Å². The molecule has 3 rings (SSSR count). The zero-order chi connectivity index (χ0) is 26.4. The molecule has 2 aromatic rings. The Bertz CT molecular complexity index is 1150. The van der Waals surface area contributed by atoms with Gasteiger partial charge in [0.05, 0.1) is 38.0 Å². The standard InChI is InChI=1S/C27H33ClN2O6/c1-6-29(7-2)13-8-14-30-24(19-16-18(34-3)10-12-21(19)35-4)23(26(32)27(30)33)25(31)17-9-11-22(36-5)20(28)15-17/h9-12,15-16,24,31H,6-8,13-14H2,1-5H3/b25-23+. The minimum absolute atomic E-state index is 0.0318. The molecule has 1 aliphatic heterocycles. The molecule has 1 aliphatic rings. The number of halogens is 1. The number of aliphatic hydroxyl groups excluding tert-OH is 1. The molecule has 8 nitrogen and oxygen atoms in total. The zero-order valence-electron chi connectivity index (χ0n) is 21.3. The molecule has 1 atom stereocenters. The predicted octanol–water partition coefficient (Wildman–Crippen LogP) is 4.52. The maximum atomic E-state index is 13.3. The number of hydrogen-bond donors (Lipinski definition) is 1. The van der Waals surface area contributed by atoms with Gasteiger partial charge in [0.1, 0.15) is 23.0 Å². The highest BCUT2D eigenvalue weighted by Crippen LogP contribution is 2.44. The van der Waals surface area contributed by atoms with Crippen molar-refractivity contribution in [2.75, 3.05) is 47.5 Å². The van der Waals surface area contributed by atoms with Crippen molar-refractivity contribution in [2.45, 2.75) is 26.3 Å². The summed E-state index contributed by atoms with van der Waals surface area (Å²) < 4.78 is 16.2. The van der Waals surface area contributed by atoms with Crippen molar-refractivity contribution in [1.82, 2.24) is 9.80 Å². The molecular weight excluding hydrogens is 484 g/mol. The topological polar surface area (TPSA) is 88.5 Å². The Hall–Kier alpha value is -3.23. The fraction of sp³-hybridized carbons (Fsp3) is 0.407. The van der Waals surface area contributed by atoms with E-state index in [4.69, 9.17) is 25.8 Å². The summed E-state index contributed by atoms with van der Waals surface area (Å²) in [6, 6.07) is 9.00. The van der Waals surface area contributed by atoms with Gasteiger partial charge in [-0.15, -0.1) is 0 Å². The number of likely N-dealkylation sites (tertiary alicyclic amines) is 1. The lowest BCUT2D eigenvalue weighted by Gasteiger charge is -2.28. The van der Waals surface area contributed by atoms with Crippen LogP contribution in [0, 0.1) is 0 Å². The Balaban J connectivity index is 2.15. The molecule has 0 radical (unpaired) electrons. The summed E-state index contributed by atoms with van der Waals surface area (Å²) in [6.45, 7) is 7.04. The van der Waals surface area contributed by atoms with E-state index >= 15 is 0 Å². The number of hydrogen-bond acceptors (Lipinski definition) is 7. The number of carbonyl (C=O) groups excluding carboxylic acids is 2. The van der Waals surface area contributed by atoms with E-state index in [0.717, 1.165) is 19.6 Å². The summed E-state index contributed by atoms with van der Waals surface area (Å²) in [5, 5.41) is 11.6. The molecule has 194 valence electrons. The minimum atomic E-state index is -0.868. The summed E-state index contributed by atoms with van der Waals surface area (Å²) in [6.07, 6.45) is 0.659. The van der Waals surface area contributed by atoms with Crippen LogP contribution in [0.3, 0.4) is 0 Å². The van der Waals surface area contributed by atoms with Crippen LogP contribution in [0.2, 0.25) is 5.02 Å². The third kappa shape index (κ3) is 5.44. The molecule has 0 bridgehead atoms. The van der Waals surface area contributed by atoms with Crippen LogP contribution in [0.25, 0.3) is 5.76 Å². The summed E-state index contributed by atoms with van der Waals surface area (Å²) in [4.78, 5) is 30.4. The van der Waals surface area contributed by atoms with Crippen LogP contribution in [-0.2, 0) is 9.59 Å². The zero-order valence-corrected chi connectivity index (χ0v) is 22.1. The summed E-state index contributed by atoms with van der Waals surface area (Å²) in [7, 11) is 4.53. The van der Waals surface area contributed by atoms with Crippen molar-refractivity contribution in [3.05, 3.63) is 58.1 Å². The molecule has 0 aromatic heterocycles. The van der Waals surface area contributed by atoms with Gasteiger partial charge in [0.15, 0.2) is 0 Å². The lowest BCUT2D eigenvalue weighted by atomic mass is 9.94. The van der Waals surface area contributed by atoms with Gasteiger partial charge in [-0.05, 0) is 62.5 Å². The number of carbonyl (C=O) groups is 2. The normalized spacial score (nSPS) is 17.1. The van der Waals surface area contributed by atoms with Crippen molar-refractivity contribution < 1.29 is 28.9 Å². The largest absolute Gasteiger partial charge is 0.507 e. The first kappa shape index (κ1) is 27.4. The molecule has 1 amide bonds. The van der Waals surface area contributed by atoms with E-state index in [-0.39, 0.29) is 16.4 Å². The van der Waals surface area contributed by atoms with Gasteiger partial charge in [-0.3, -0.25) is 9.59 Å². The maximum absolute atomic E-state index is 13.3. The Labute approximate surface area is 217 Å². The second kappa shape index (κ2) is 12.1. The molecule has 0 saturated carbocycles. The first-order valence-corrected chi connectivity index (χ1v) is 12.3. The second-order valence-electron chi connectivity index (χ2n) is 8.33. The Morgan fingerprint density at radius 3 is 2.25 bits per heavy atom. The van der Waals surface area contributed by atoms with Crippen molar-refractivity contribution in [2.24, 2.45) is 0 Å². The highest BCUT2D eigenvalue weighted by Gasteiger charge is 2.47. The highest BCUT2D eigenvalue weighted by atomic mass is 35.5. The average Bonchev–Trinajstić information content (AvgIpc) is 3.15. The molecule has 0 aliphatic carbocycles. The van der Waals surface area contributed by atoms with E-state index < -0.39 is 17.7 Å². The van der Waals surface area contributed by atoms with Crippen molar-refractivity contribution in [3.63, 3.8) is 0 Å². The monoisotopic (exact) mass is 516 g/mol. The molecule has 36 heavy (non-hydrogen) atoms. The number of nitrogens with zero attached hydrogens (tertiary/aromatic N) is 2. The lowest BCUT2D eigenvalue weighted by molar-refractivity contribution is -0.140. The van der Waals surface area contributed by atoms with Crippen molar-refractivity contribution in [1.29, 1.82) is 0 Å². The van der Waals surface area contributed by atoms with Crippen LogP contribution < -0.4 is 14.2 Å². The number of amides is 1. The summed E-state index contributed by atoms with van der Waals surface area (Å²) in [5.41, 5.74) is 0.810. The van der Waals surface area contributed by atoms with E-state index in [0.29, 0.717) is 41.3 Å². The first-order chi connectivity index (χ1) is 17.3. The highest BCUT2D eigenvalue weighted by molar-refractivity contribution is 6.46. The van der Waals surface area contributed by atoms with Gasteiger partial charge in [-0.25, -0.2) is 0 Å². The van der Waals surface area contributed by atoms with Crippen LogP contribution >= 0.6 is 11.6 Å². The maximum Gasteiger partial charge on any atom is 0.295 e. The van der Waals surface area contributed by atoms with Crippen LogP contribution in [0.15, 0.2) is 42.0 Å². The number of Topliss-reactive ketones (excluding diaryl/α,β-unsaturated/α-hetero) is 1. The van der Waals surface area contributed by atoms with Gasteiger partial charge in [0.25, 0.3) is 11.7 Å². The molecule has 0 spiro atoms. The number of rotatable bonds is 11. The Morgan fingerprint density at radius 1 is 1.00 bits per heavy atom. The van der Waals surface area contributed by atoms with E-state index in [1.54, 1.807) is 30.3 Å². The number of aliphatic hydroxyl groups is 1. The van der Waals surface area contributed by atoms with E-state index in [1.165, 1.54) is 32.3 Å². The van der Waals surface area contributed by atoms with Gasteiger partial charge in [0.2, 0.25) is 0 Å².